The number of rotatable bonds is 2. The number of piperazine rings is 1. The molecule has 1 aromatic rings. The zero-order chi connectivity index (χ0) is 12.4. The molecular weight excluding hydrogens is 220 g/mol. The molecule has 17 heavy (non-hydrogen) atoms. The monoisotopic (exact) mass is 238 g/mol. The molecule has 1 saturated heterocycles. The summed E-state index contributed by atoms with van der Waals surface area (Å²) in [6.45, 7) is 4.57. The molecule has 0 aliphatic carbocycles. The smallest absolute Gasteiger partial charge is 0.341 e. The molecule has 1 aliphatic rings. The number of hydrogen-bond donors (Lipinski definition) is 1. The number of esters is 1. The highest BCUT2D eigenvalue weighted by Crippen LogP contribution is 2.25. The summed E-state index contributed by atoms with van der Waals surface area (Å²) in [7, 11) is 3.43. The minimum Gasteiger partial charge on any atom is -0.465 e. The van der Waals surface area contributed by atoms with Crippen LogP contribution in [0.25, 0.3) is 0 Å². The van der Waals surface area contributed by atoms with E-state index < -0.39 is 0 Å². The second-order valence-electron chi connectivity index (χ2n) is 4.31. The first kappa shape index (κ1) is 12.1. The number of hydrogen-bond acceptors (Lipinski definition) is 5. The minimum atomic E-state index is -0.344. The summed E-state index contributed by atoms with van der Waals surface area (Å²) in [4.78, 5) is 13.7. The Kier molecular flexibility index (Phi) is 3.49. The van der Waals surface area contributed by atoms with E-state index in [-0.39, 0.29) is 12.0 Å². The molecule has 0 saturated carbocycles. The summed E-state index contributed by atoms with van der Waals surface area (Å²) in [6.07, 6.45) is 0. The van der Waals surface area contributed by atoms with Crippen molar-refractivity contribution in [2.75, 3.05) is 33.8 Å². The van der Waals surface area contributed by atoms with Crippen molar-refractivity contribution in [3.63, 3.8) is 0 Å². The van der Waals surface area contributed by atoms with Gasteiger partial charge in [-0.2, -0.15) is 0 Å². The van der Waals surface area contributed by atoms with Gasteiger partial charge in [-0.3, -0.25) is 4.90 Å². The number of nitrogens with one attached hydrogen (secondary N) is 1. The Morgan fingerprint density at radius 2 is 2.41 bits per heavy atom. The van der Waals surface area contributed by atoms with Crippen LogP contribution in [0.15, 0.2) is 10.5 Å². The normalized spacial score (nSPS) is 21.5. The third-order valence-corrected chi connectivity index (χ3v) is 3.18. The van der Waals surface area contributed by atoms with Crippen molar-refractivity contribution < 1.29 is 13.9 Å². The number of methoxy groups -OCH3 is 1. The number of carbonyl (C=O) groups excluding carboxylic acids is 1. The van der Waals surface area contributed by atoms with Gasteiger partial charge >= 0.3 is 5.97 Å². The maximum atomic E-state index is 11.5. The molecule has 2 rings (SSSR count). The van der Waals surface area contributed by atoms with Crippen LogP contribution < -0.4 is 5.32 Å². The van der Waals surface area contributed by atoms with Gasteiger partial charge in [-0.05, 0) is 20.0 Å². The minimum absolute atomic E-state index is 0.181. The lowest BCUT2D eigenvalue weighted by Gasteiger charge is -2.31. The lowest BCUT2D eigenvalue weighted by Crippen LogP contribution is -2.43. The zero-order valence-electron chi connectivity index (χ0n) is 10.4. The Balaban J connectivity index is 2.24. The van der Waals surface area contributed by atoms with Gasteiger partial charge in [0.1, 0.15) is 17.1 Å². The van der Waals surface area contributed by atoms with Crippen molar-refractivity contribution >= 4 is 5.97 Å². The van der Waals surface area contributed by atoms with Crippen molar-refractivity contribution in [1.29, 1.82) is 0 Å². The van der Waals surface area contributed by atoms with E-state index in [1.165, 1.54) is 7.11 Å². The Labute approximate surface area is 101 Å². The molecule has 5 nitrogen and oxygen atoms in total. The van der Waals surface area contributed by atoms with Gasteiger partial charge in [-0.15, -0.1) is 0 Å². The number of carbonyl (C=O) groups is 1. The molecule has 0 amide bonds. The van der Waals surface area contributed by atoms with E-state index in [2.05, 4.69) is 17.3 Å². The molecule has 1 unspecified atom stereocenters. The van der Waals surface area contributed by atoms with Gasteiger partial charge in [0.15, 0.2) is 0 Å². The molecule has 94 valence electrons. The van der Waals surface area contributed by atoms with Crippen LogP contribution in [0.5, 0.6) is 0 Å². The van der Waals surface area contributed by atoms with Crippen LogP contribution in [0.4, 0.5) is 0 Å². The highest BCUT2D eigenvalue weighted by atomic mass is 16.5. The molecule has 5 heteroatoms. The molecule has 1 N–H and O–H groups in total. The van der Waals surface area contributed by atoms with Crippen LogP contribution in [0, 0.1) is 6.92 Å². The first-order valence-corrected chi connectivity index (χ1v) is 5.73. The van der Waals surface area contributed by atoms with E-state index >= 15 is 0 Å². The first-order valence-electron chi connectivity index (χ1n) is 5.73. The fourth-order valence-electron chi connectivity index (χ4n) is 2.11. The summed E-state index contributed by atoms with van der Waals surface area (Å²) < 4.78 is 10.4. The largest absolute Gasteiger partial charge is 0.465 e. The van der Waals surface area contributed by atoms with Crippen LogP contribution in [-0.4, -0.2) is 44.7 Å². The van der Waals surface area contributed by atoms with Crippen molar-refractivity contribution in [3.8, 4) is 0 Å². The molecule has 0 radical (unpaired) electrons. The topological polar surface area (TPSA) is 54.7 Å². The van der Waals surface area contributed by atoms with Crippen LogP contribution in [0.1, 0.15) is 27.9 Å². The Morgan fingerprint density at radius 3 is 3.06 bits per heavy atom. The highest BCUT2D eigenvalue weighted by molar-refractivity contribution is 5.90. The van der Waals surface area contributed by atoms with Gasteiger partial charge in [0.2, 0.25) is 0 Å². The molecule has 2 heterocycles. The van der Waals surface area contributed by atoms with Crippen molar-refractivity contribution in [3.05, 3.63) is 23.2 Å². The van der Waals surface area contributed by atoms with Gasteiger partial charge in [0, 0.05) is 19.6 Å². The quantitative estimate of drug-likeness (QED) is 0.777. The lowest BCUT2D eigenvalue weighted by atomic mass is 10.1. The van der Waals surface area contributed by atoms with Gasteiger partial charge in [0.05, 0.1) is 13.2 Å². The Hall–Kier alpha value is -1.33. The molecule has 0 spiro atoms. The number of nitrogens with zero attached hydrogens (tertiary/aromatic N) is 1. The fraction of sp³-hybridized carbons (Fsp3) is 0.583. The SMILES string of the molecule is COC(=O)c1cc(C2CNCCN2C)oc1C. The predicted molar refractivity (Wildman–Crippen MR) is 63.0 cm³/mol. The molecular formula is C12H18N2O3. The van der Waals surface area contributed by atoms with Crippen molar-refractivity contribution in [2.45, 2.75) is 13.0 Å². The van der Waals surface area contributed by atoms with E-state index in [0.717, 1.165) is 25.4 Å². The third-order valence-electron chi connectivity index (χ3n) is 3.18. The second kappa shape index (κ2) is 4.89. The van der Waals surface area contributed by atoms with Crippen LogP contribution in [-0.2, 0) is 4.74 Å². The van der Waals surface area contributed by atoms with Crippen molar-refractivity contribution in [2.24, 2.45) is 0 Å². The van der Waals surface area contributed by atoms with Crippen molar-refractivity contribution in [1.82, 2.24) is 10.2 Å². The standard InChI is InChI=1S/C12H18N2O3/c1-8-9(12(15)16-3)6-11(17-8)10-7-13-4-5-14(10)2/h6,10,13H,4-5,7H2,1-3H3. The Morgan fingerprint density at radius 1 is 1.65 bits per heavy atom. The van der Waals surface area contributed by atoms with E-state index in [1.807, 2.05) is 0 Å². The van der Waals surface area contributed by atoms with E-state index in [9.17, 15) is 4.79 Å². The molecule has 0 aromatic carbocycles. The predicted octanol–water partition coefficient (Wildman–Crippen LogP) is 0.951. The third kappa shape index (κ3) is 2.35. The van der Waals surface area contributed by atoms with E-state index in [1.54, 1.807) is 13.0 Å². The number of likely N-dealkylation sites (N-methyl/N-ethyl adjacent to an activating group) is 1. The van der Waals surface area contributed by atoms with Gasteiger partial charge < -0.3 is 14.5 Å². The maximum absolute atomic E-state index is 11.5. The van der Waals surface area contributed by atoms with E-state index in [0.29, 0.717) is 11.3 Å². The summed E-state index contributed by atoms with van der Waals surface area (Å²) >= 11 is 0. The van der Waals surface area contributed by atoms with Gasteiger partial charge in [0.25, 0.3) is 0 Å². The van der Waals surface area contributed by atoms with Gasteiger partial charge in [-0.1, -0.05) is 0 Å². The number of ether oxygens (including phenoxy) is 1. The average molecular weight is 238 g/mol. The maximum Gasteiger partial charge on any atom is 0.341 e. The lowest BCUT2D eigenvalue weighted by molar-refractivity contribution is 0.0599. The van der Waals surface area contributed by atoms with Crippen LogP contribution >= 0.6 is 0 Å². The van der Waals surface area contributed by atoms with Crippen LogP contribution in [0.2, 0.25) is 0 Å². The fourth-order valence-corrected chi connectivity index (χ4v) is 2.11. The summed E-state index contributed by atoms with van der Waals surface area (Å²) in [6, 6.07) is 1.97. The van der Waals surface area contributed by atoms with E-state index in [4.69, 9.17) is 9.15 Å². The van der Waals surface area contributed by atoms with Crippen LogP contribution in [0.3, 0.4) is 0 Å². The second-order valence-corrected chi connectivity index (χ2v) is 4.31. The summed E-state index contributed by atoms with van der Waals surface area (Å²) in [5, 5.41) is 3.32. The molecule has 1 aliphatic heterocycles. The zero-order valence-corrected chi connectivity index (χ0v) is 10.4. The summed E-state index contributed by atoms with van der Waals surface area (Å²) in [5.74, 6) is 1.09. The molecule has 1 fully saturated rings. The number of aryl methyl sites for hydroxylation is 1. The first-order chi connectivity index (χ1) is 8.13. The Bertz CT molecular complexity index is 414. The molecule has 0 bridgehead atoms. The number of furan rings is 1. The summed E-state index contributed by atoms with van der Waals surface area (Å²) in [5.41, 5.74) is 0.515. The average Bonchev–Trinajstić information content (AvgIpc) is 2.71. The van der Waals surface area contributed by atoms with Gasteiger partial charge in [-0.25, -0.2) is 4.79 Å². The molecule has 1 aromatic heterocycles. The molecule has 1 atom stereocenters. The highest BCUT2D eigenvalue weighted by Gasteiger charge is 2.26.